The van der Waals surface area contributed by atoms with E-state index in [4.69, 9.17) is 0 Å². The summed E-state index contributed by atoms with van der Waals surface area (Å²) in [6.07, 6.45) is -3.20. The topological polar surface area (TPSA) is 22.0 Å². The molecule has 1 aromatic rings. The lowest BCUT2D eigenvalue weighted by Gasteiger charge is -2.08. The average molecular weight is 191 g/mol. The molecule has 0 N–H and O–H groups in total. The Balaban J connectivity index is 2.98. The molecular formula is C8H8F3NO. The smallest absolute Gasteiger partial charge is 0.306 e. The summed E-state index contributed by atoms with van der Waals surface area (Å²) in [6, 6.07) is 2.64. The van der Waals surface area contributed by atoms with Crippen molar-refractivity contribution in [2.75, 3.05) is 0 Å². The summed E-state index contributed by atoms with van der Waals surface area (Å²) in [7, 11) is 0. The average Bonchev–Trinajstić information content (AvgIpc) is 1.93. The maximum Gasteiger partial charge on any atom is 0.406 e. The molecule has 0 aromatic carbocycles. The van der Waals surface area contributed by atoms with Gasteiger partial charge in [-0.15, -0.1) is 0 Å². The van der Waals surface area contributed by atoms with Crippen LogP contribution in [0.1, 0.15) is 5.56 Å². The van der Waals surface area contributed by atoms with E-state index in [0.717, 1.165) is 6.20 Å². The molecule has 0 aliphatic carbocycles. The third kappa shape index (κ3) is 2.93. The van der Waals surface area contributed by atoms with Gasteiger partial charge in [0.1, 0.15) is 6.54 Å². The zero-order valence-electron chi connectivity index (χ0n) is 6.93. The predicted molar refractivity (Wildman–Crippen MR) is 41.5 cm³/mol. The minimum atomic E-state index is -4.35. The highest BCUT2D eigenvalue weighted by molar-refractivity contribution is 5.08. The number of aromatic nitrogens is 1. The number of nitrogens with zero attached hydrogens (tertiary/aromatic N) is 1. The first-order chi connectivity index (χ1) is 5.88. The Bertz CT molecular complexity index is 353. The van der Waals surface area contributed by atoms with Crippen LogP contribution in [-0.2, 0) is 6.54 Å². The Morgan fingerprint density at radius 3 is 2.54 bits per heavy atom. The molecule has 0 aliphatic rings. The van der Waals surface area contributed by atoms with Gasteiger partial charge in [0, 0.05) is 12.3 Å². The molecule has 0 unspecified atom stereocenters. The number of rotatable bonds is 1. The summed E-state index contributed by atoms with van der Waals surface area (Å²) < 4.78 is 36.2. The van der Waals surface area contributed by atoms with Crippen LogP contribution in [0.25, 0.3) is 0 Å². The Hall–Kier alpha value is -1.26. The highest BCUT2D eigenvalue weighted by Gasteiger charge is 2.28. The molecule has 0 saturated heterocycles. The van der Waals surface area contributed by atoms with Crippen molar-refractivity contribution in [3.8, 4) is 0 Å². The summed E-state index contributed by atoms with van der Waals surface area (Å²) >= 11 is 0. The van der Waals surface area contributed by atoms with Crippen molar-refractivity contribution in [1.82, 2.24) is 4.57 Å². The fourth-order valence-electron chi connectivity index (χ4n) is 0.931. The number of aryl methyl sites for hydroxylation is 1. The van der Waals surface area contributed by atoms with Crippen molar-refractivity contribution in [3.63, 3.8) is 0 Å². The van der Waals surface area contributed by atoms with E-state index in [1.54, 1.807) is 6.92 Å². The molecule has 0 fully saturated rings. The first kappa shape index (κ1) is 9.83. The number of halogens is 3. The van der Waals surface area contributed by atoms with Crippen LogP contribution < -0.4 is 5.56 Å². The second-order valence-corrected chi connectivity index (χ2v) is 2.79. The van der Waals surface area contributed by atoms with Crippen LogP contribution >= 0.6 is 0 Å². The van der Waals surface area contributed by atoms with Crippen LogP contribution in [-0.4, -0.2) is 10.7 Å². The summed E-state index contributed by atoms with van der Waals surface area (Å²) in [5, 5.41) is 0. The third-order valence-electron chi connectivity index (χ3n) is 1.50. The molecule has 0 radical (unpaired) electrons. The van der Waals surface area contributed by atoms with Gasteiger partial charge >= 0.3 is 6.18 Å². The molecule has 13 heavy (non-hydrogen) atoms. The zero-order valence-corrected chi connectivity index (χ0v) is 6.93. The Morgan fingerprint density at radius 2 is 2.08 bits per heavy atom. The largest absolute Gasteiger partial charge is 0.406 e. The van der Waals surface area contributed by atoms with Crippen LogP contribution in [0.5, 0.6) is 0 Å². The van der Waals surface area contributed by atoms with E-state index in [1.165, 1.54) is 12.1 Å². The maximum atomic E-state index is 11.9. The van der Waals surface area contributed by atoms with E-state index >= 15 is 0 Å². The van der Waals surface area contributed by atoms with Gasteiger partial charge in [-0.3, -0.25) is 4.79 Å². The second-order valence-electron chi connectivity index (χ2n) is 2.79. The van der Waals surface area contributed by atoms with Gasteiger partial charge in [-0.25, -0.2) is 0 Å². The lowest BCUT2D eigenvalue weighted by atomic mass is 10.3. The van der Waals surface area contributed by atoms with Crippen LogP contribution in [0.15, 0.2) is 23.1 Å². The molecular weight excluding hydrogens is 183 g/mol. The standard InChI is InChI=1S/C8H8F3NO/c1-6-2-3-12(7(13)4-6)5-8(9,10)11/h2-4H,5H2,1H3. The highest BCUT2D eigenvalue weighted by Crippen LogP contribution is 2.16. The fourth-order valence-corrected chi connectivity index (χ4v) is 0.931. The van der Waals surface area contributed by atoms with Crippen molar-refractivity contribution in [1.29, 1.82) is 0 Å². The monoisotopic (exact) mass is 191 g/mol. The second kappa shape index (κ2) is 3.24. The van der Waals surface area contributed by atoms with Gasteiger partial charge in [0.25, 0.3) is 5.56 Å². The molecule has 0 aliphatic heterocycles. The van der Waals surface area contributed by atoms with Gasteiger partial charge in [-0.1, -0.05) is 0 Å². The van der Waals surface area contributed by atoms with E-state index in [2.05, 4.69) is 0 Å². The minimum Gasteiger partial charge on any atom is -0.306 e. The van der Waals surface area contributed by atoms with Crippen LogP contribution in [0.3, 0.4) is 0 Å². The Kier molecular flexibility index (Phi) is 2.45. The molecule has 0 bridgehead atoms. The van der Waals surface area contributed by atoms with Crippen molar-refractivity contribution in [2.24, 2.45) is 0 Å². The summed E-state index contributed by atoms with van der Waals surface area (Å²) in [5.41, 5.74) is 0.0285. The molecule has 0 saturated carbocycles. The molecule has 1 heterocycles. The maximum absolute atomic E-state index is 11.9. The minimum absolute atomic E-state index is 0.627. The first-order valence-electron chi connectivity index (χ1n) is 3.62. The highest BCUT2D eigenvalue weighted by atomic mass is 19.4. The lowest BCUT2D eigenvalue weighted by Crippen LogP contribution is -2.27. The number of pyridine rings is 1. The zero-order chi connectivity index (χ0) is 10.1. The normalized spacial score (nSPS) is 11.7. The van der Waals surface area contributed by atoms with E-state index in [1.807, 2.05) is 0 Å². The van der Waals surface area contributed by atoms with E-state index in [0.29, 0.717) is 10.1 Å². The predicted octanol–water partition coefficient (Wildman–Crippen LogP) is 1.72. The molecule has 0 spiro atoms. The molecule has 0 atom stereocenters. The fraction of sp³-hybridized carbons (Fsp3) is 0.375. The summed E-state index contributed by atoms with van der Waals surface area (Å²) in [6.45, 7) is 0.422. The van der Waals surface area contributed by atoms with Crippen LogP contribution in [0, 0.1) is 6.92 Å². The SMILES string of the molecule is Cc1ccn(CC(F)(F)F)c(=O)c1. The third-order valence-corrected chi connectivity index (χ3v) is 1.50. The van der Waals surface area contributed by atoms with Gasteiger partial charge in [-0.2, -0.15) is 13.2 Å². The van der Waals surface area contributed by atoms with Gasteiger partial charge in [-0.05, 0) is 18.6 Å². The quantitative estimate of drug-likeness (QED) is 0.662. The molecule has 5 heteroatoms. The van der Waals surface area contributed by atoms with Crippen molar-refractivity contribution in [2.45, 2.75) is 19.6 Å². The van der Waals surface area contributed by atoms with Gasteiger partial charge < -0.3 is 4.57 Å². The first-order valence-corrected chi connectivity index (χ1v) is 3.62. The number of alkyl halides is 3. The molecule has 2 nitrogen and oxygen atoms in total. The van der Waals surface area contributed by atoms with Crippen molar-refractivity contribution < 1.29 is 13.2 Å². The van der Waals surface area contributed by atoms with Gasteiger partial charge in [0.05, 0.1) is 0 Å². The van der Waals surface area contributed by atoms with E-state index < -0.39 is 18.3 Å². The van der Waals surface area contributed by atoms with Crippen LogP contribution in [0.4, 0.5) is 13.2 Å². The lowest BCUT2D eigenvalue weighted by molar-refractivity contribution is -0.141. The van der Waals surface area contributed by atoms with Crippen LogP contribution in [0.2, 0.25) is 0 Å². The number of hydrogen-bond donors (Lipinski definition) is 0. The van der Waals surface area contributed by atoms with Crippen molar-refractivity contribution >= 4 is 0 Å². The van der Waals surface area contributed by atoms with E-state index in [-0.39, 0.29) is 0 Å². The number of hydrogen-bond acceptors (Lipinski definition) is 1. The summed E-state index contributed by atoms with van der Waals surface area (Å²) in [5.74, 6) is 0. The summed E-state index contributed by atoms with van der Waals surface area (Å²) in [4.78, 5) is 11.0. The van der Waals surface area contributed by atoms with Crippen molar-refractivity contribution in [3.05, 3.63) is 34.2 Å². The molecule has 1 aromatic heterocycles. The Morgan fingerprint density at radius 1 is 1.46 bits per heavy atom. The van der Waals surface area contributed by atoms with Gasteiger partial charge in [0.2, 0.25) is 0 Å². The molecule has 0 amide bonds. The molecule has 72 valence electrons. The van der Waals surface area contributed by atoms with Gasteiger partial charge in [0.15, 0.2) is 0 Å². The Labute approximate surface area is 72.6 Å². The molecule has 1 rings (SSSR count). The van der Waals surface area contributed by atoms with E-state index in [9.17, 15) is 18.0 Å².